The smallest absolute Gasteiger partial charge is 0.241 e. The molecule has 1 aromatic rings. The van der Waals surface area contributed by atoms with E-state index >= 15 is 0 Å². The summed E-state index contributed by atoms with van der Waals surface area (Å²) in [6, 6.07) is 6.18. The predicted octanol–water partition coefficient (Wildman–Crippen LogP) is 3.92. The third kappa shape index (κ3) is 4.42. The summed E-state index contributed by atoms with van der Waals surface area (Å²) in [5, 5.41) is 3.17. The van der Waals surface area contributed by atoms with Crippen molar-refractivity contribution in [1.82, 2.24) is 4.90 Å². The van der Waals surface area contributed by atoms with Crippen LogP contribution in [0.25, 0.3) is 0 Å². The Balaban J connectivity index is 2.07. The number of aryl methyl sites for hydroxylation is 2. The summed E-state index contributed by atoms with van der Waals surface area (Å²) >= 11 is 2.41. The summed E-state index contributed by atoms with van der Waals surface area (Å²) in [7, 11) is 0. The number of nitrogens with one attached hydrogen (secondary N) is 1. The van der Waals surface area contributed by atoms with Crippen molar-refractivity contribution in [3.05, 3.63) is 29.3 Å². The molecule has 21 heavy (non-hydrogen) atoms. The molecule has 116 valence electrons. The number of anilines is 1. The van der Waals surface area contributed by atoms with Crippen molar-refractivity contribution in [3.63, 3.8) is 0 Å². The normalized spacial score (nSPS) is 19.5. The molecule has 1 atom stereocenters. The minimum atomic E-state index is 0.0423. The molecule has 1 aliphatic rings. The second-order valence-corrected chi connectivity index (χ2v) is 6.92. The number of carbonyl (C=O) groups is 1. The highest BCUT2D eigenvalue weighted by molar-refractivity contribution is 14.1. The Morgan fingerprint density at radius 2 is 2.05 bits per heavy atom. The van der Waals surface area contributed by atoms with Gasteiger partial charge in [0.25, 0.3) is 0 Å². The summed E-state index contributed by atoms with van der Waals surface area (Å²) in [5.74, 6) is 0.167. The minimum Gasteiger partial charge on any atom is -0.324 e. The van der Waals surface area contributed by atoms with Gasteiger partial charge < -0.3 is 5.32 Å². The first-order valence-corrected chi connectivity index (χ1v) is 9.33. The zero-order chi connectivity index (χ0) is 15.2. The average Bonchev–Trinajstić information content (AvgIpc) is 2.49. The molecule has 1 fully saturated rings. The van der Waals surface area contributed by atoms with E-state index in [1.165, 1.54) is 6.42 Å². The summed E-state index contributed by atoms with van der Waals surface area (Å²) in [6.45, 7) is 6.20. The number of rotatable bonds is 5. The van der Waals surface area contributed by atoms with Gasteiger partial charge in [-0.3, -0.25) is 9.69 Å². The number of halogens is 1. The number of amides is 1. The largest absolute Gasteiger partial charge is 0.324 e. The lowest BCUT2D eigenvalue weighted by Crippen LogP contribution is -2.47. The Hall–Kier alpha value is -0.620. The zero-order valence-corrected chi connectivity index (χ0v) is 15.2. The van der Waals surface area contributed by atoms with Crippen LogP contribution in [0, 0.1) is 13.8 Å². The van der Waals surface area contributed by atoms with Crippen LogP contribution in [-0.2, 0) is 4.79 Å². The molecule has 1 amide bonds. The summed E-state index contributed by atoms with van der Waals surface area (Å²) < 4.78 is 1.15. The van der Waals surface area contributed by atoms with Gasteiger partial charge in [-0.05, 0) is 57.3 Å². The number of alkyl halides is 1. The van der Waals surface area contributed by atoms with Crippen molar-refractivity contribution in [2.24, 2.45) is 0 Å². The first-order chi connectivity index (χ1) is 10.1. The maximum absolute atomic E-state index is 12.7. The average molecular weight is 400 g/mol. The quantitative estimate of drug-likeness (QED) is 0.600. The third-order valence-electron chi connectivity index (χ3n) is 4.22. The van der Waals surface area contributed by atoms with Gasteiger partial charge in [0.15, 0.2) is 0 Å². The van der Waals surface area contributed by atoms with Gasteiger partial charge in [-0.2, -0.15) is 0 Å². The molecule has 1 aromatic carbocycles. The van der Waals surface area contributed by atoms with E-state index in [1.54, 1.807) is 0 Å². The number of nitrogens with zero attached hydrogens (tertiary/aromatic N) is 1. The first-order valence-electron chi connectivity index (χ1n) is 7.80. The Morgan fingerprint density at radius 3 is 2.71 bits per heavy atom. The molecule has 0 aromatic heterocycles. The lowest BCUT2D eigenvalue weighted by molar-refractivity contribution is -0.122. The molecule has 1 heterocycles. The molecular formula is C17H25IN2O. The first kappa shape index (κ1) is 16.7. The van der Waals surface area contributed by atoms with Crippen molar-refractivity contribution in [3.8, 4) is 0 Å². The fraction of sp³-hybridized carbons (Fsp3) is 0.588. The molecule has 2 rings (SSSR count). The molecule has 3 nitrogen and oxygen atoms in total. The van der Waals surface area contributed by atoms with Crippen LogP contribution >= 0.6 is 22.6 Å². The number of hydrogen-bond acceptors (Lipinski definition) is 2. The molecule has 0 saturated carbocycles. The molecule has 0 radical (unpaired) electrons. The SMILES string of the molecule is Cc1cccc(C)c1NC(=O)[C@@H]1CCCCN1CCCI. The molecule has 0 unspecified atom stereocenters. The Kier molecular flexibility index (Phi) is 6.48. The van der Waals surface area contributed by atoms with Crippen LogP contribution in [0.15, 0.2) is 18.2 Å². The van der Waals surface area contributed by atoms with Gasteiger partial charge in [-0.15, -0.1) is 0 Å². The Morgan fingerprint density at radius 1 is 1.33 bits per heavy atom. The number of piperidine rings is 1. The summed E-state index contributed by atoms with van der Waals surface area (Å²) in [5.41, 5.74) is 3.26. The molecule has 4 heteroatoms. The highest BCUT2D eigenvalue weighted by Crippen LogP contribution is 2.23. The van der Waals surface area contributed by atoms with Crippen LogP contribution in [0.3, 0.4) is 0 Å². The minimum absolute atomic E-state index is 0.0423. The van der Waals surface area contributed by atoms with Gasteiger partial charge >= 0.3 is 0 Å². The Labute approximate surface area is 141 Å². The van der Waals surface area contributed by atoms with E-state index in [-0.39, 0.29) is 11.9 Å². The van der Waals surface area contributed by atoms with E-state index in [1.807, 2.05) is 6.07 Å². The van der Waals surface area contributed by atoms with Crippen LogP contribution in [0.1, 0.15) is 36.8 Å². The molecule has 0 spiro atoms. The predicted molar refractivity (Wildman–Crippen MR) is 97.3 cm³/mol. The van der Waals surface area contributed by atoms with Crippen LogP contribution in [-0.4, -0.2) is 34.4 Å². The van der Waals surface area contributed by atoms with Gasteiger partial charge in [-0.25, -0.2) is 0 Å². The number of para-hydroxylation sites is 1. The van der Waals surface area contributed by atoms with Crippen LogP contribution in [0.4, 0.5) is 5.69 Å². The standard InChI is InChI=1S/C17H25IN2O/c1-13-7-5-8-14(2)16(13)19-17(21)15-9-3-4-11-20(15)12-6-10-18/h5,7-8,15H,3-4,6,9-12H2,1-2H3,(H,19,21)/t15-/m0/s1. The van der Waals surface area contributed by atoms with E-state index in [9.17, 15) is 4.79 Å². The van der Waals surface area contributed by atoms with E-state index < -0.39 is 0 Å². The van der Waals surface area contributed by atoms with Gasteiger partial charge in [0.05, 0.1) is 6.04 Å². The van der Waals surface area contributed by atoms with E-state index in [0.29, 0.717) is 0 Å². The Bertz CT molecular complexity index is 469. The topological polar surface area (TPSA) is 32.3 Å². The van der Waals surface area contributed by atoms with Crippen molar-refractivity contribution in [2.75, 3.05) is 22.8 Å². The van der Waals surface area contributed by atoms with E-state index in [2.05, 4.69) is 58.8 Å². The second-order valence-electron chi connectivity index (χ2n) is 5.85. The number of hydrogen-bond donors (Lipinski definition) is 1. The van der Waals surface area contributed by atoms with Crippen molar-refractivity contribution < 1.29 is 4.79 Å². The highest BCUT2D eigenvalue weighted by atomic mass is 127. The van der Waals surface area contributed by atoms with Gasteiger partial charge in [0.2, 0.25) is 5.91 Å². The van der Waals surface area contributed by atoms with Gasteiger partial charge in [0.1, 0.15) is 0 Å². The molecule has 1 aliphatic heterocycles. The number of carbonyl (C=O) groups excluding carboxylic acids is 1. The number of benzene rings is 1. The molecule has 1 N–H and O–H groups in total. The third-order valence-corrected chi connectivity index (χ3v) is 4.99. The van der Waals surface area contributed by atoms with Crippen LogP contribution in [0.2, 0.25) is 0 Å². The van der Waals surface area contributed by atoms with Crippen LogP contribution < -0.4 is 5.32 Å². The zero-order valence-electron chi connectivity index (χ0n) is 13.0. The van der Waals surface area contributed by atoms with E-state index in [4.69, 9.17) is 0 Å². The second kappa shape index (κ2) is 8.13. The van der Waals surface area contributed by atoms with Gasteiger partial charge in [-0.1, -0.05) is 47.2 Å². The summed E-state index contributed by atoms with van der Waals surface area (Å²) in [4.78, 5) is 15.1. The van der Waals surface area contributed by atoms with Crippen molar-refractivity contribution in [2.45, 2.75) is 45.6 Å². The fourth-order valence-electron chi connectivity index (χ4n) is 3.04. The molecular weight excluding hydrogens is 375 g/mol. The van der Waals surface area contributed by atoms with Gasteiger partial charge in [0, 0.05) is 10.1 Å². The molecule has 0 bridgehead atoms. The maximum Gasteiger partial charge on any atom is 0.241 e. The fourth-order valence-corrected chi connectivity index (χ4v) is 3.38. The lowest BCUT2D eigenvalue weighted by Gasteiger charge is -2.34. The molecule has 0 aliphatic carbocycles. The maximum atomic E-state index is 12.7. The monoisotopic (exact) mass is 400 g/mol. The van der Waals surface area contributed by atoms with E-state index in [0.717, 1.165) is 53.6 Å². The lowest BCUT2D eigenvalue weighted by atomic mass is 10.0. The highest BCUT2D eigenvalue weighted by Gasteiger charge is 2.28. The summed E-state index contributed by atoms with van der Waals surface area (Å²) in [6.07, 6.45) is 4.52. The van der Waals surface area contributed by atoms with Crippen LogP contribution in [0.5, 0.6) is 0 Å². The molecule has 1 saturated heterocycles. The number of likely N-dealkylation sites (tertiary alicyclic amines) is 1. The van der Waals surface area contributed by atoms with Crippen molar-refractivity contribution >= 4 is 34.2 Å². The van der Waals surface area contributed by atoms with Crippen molar-refractivity contribution in [1.29, 1.82) is 0 Å².